The van der Waals surface area contributed by atoms with Crippen LogP contribution in [0.3, 0.4) is 0 Å². The van der Waals surface area contributed by atoms with Gasteiger partial charge in [-0.25, -0.2) is 4.79 Å². The number of unbranched alkanes of at least 4 members (excludes halogenated alkanes) is 2. The van der Waals surface area contributed by atoms with E-state index in [0.717, 1.165) is 29.7 Å². The molecule has 0 atom stereocenters. The highest BCUT2D eigenvalue weighted by Crippen LogP contribution is 2.33. The Morgan fingerprint density at radius 2 is 1.53 bits per heavy atom. The lowest BCUT2D eigenvalue weighted by molar-refractivity contribution is -0.139. The minimum absolute atomic E-state index is 0.0431. The van der Waals surface area contributed by atoms with Gasteiger partial charge >= 0.3 is 5.97 Å². The zero-order valence-corrected chi connectivity index (χ0v) is 23.2. The topological polar surface area (TPSA) is 55.8 Å². The molecule has 0 spiro atoms. The van der Waals surface area contributed by atoms with Crippen LogP contribution >= 0.6 is 0 Å². The first-order valence-electron chi connectivity index (χ1n) is 13.9. The van der Waals surface area contributed by atoms with Crippen molar-refractivity contribution >= 4 is 5.97 Å². The van der Waals surface area contributed by atoms with Gasteiger partial charge in [0.2, 0.25) is 0 Å². The Hall–Kier alpha value is -3.37. The minimum Gasteiger partial charge on any atom is -0.491 e. The second-order valence-electron chi connectivity index (χ2n) is 9.79. The second-order valence-corrected chi connectivity index (χ2v) is 9.79. The van der Waals surface area contributed by atoms with E-state index in [9.17, 15) is 9.90 Å². The number of hydrogen-bond donors (Lipinski definition) is 1. The number of aliphatic hydroxyl groups excluding tert-OH is 1. The van der Waals surface area contributed by atoms with Gasteiger partial charge in [0.15, 0.2) is 0 Å². The molecule has 3 aromatic rings. The van der Waals surface area contributed by atoms with E-state index >= 15 is 0 Å². The standard InChI is InChI=1S/C34H42O4/c1-5-7-8-10-26-12-14-28(15-13-26)29-16-18-32(27(6-2)23-29)30-17-19-33(37-22-20-35)31(24-30)11-9-21-38-34(36)25(3)4/h12-19,23-24,35H,3,5-11,20-22H2,1-2,4H3. The molecular weight excluding hydrogens is 472 g/mol. The first-order valence-corrected chi connectivity index (χ1v) is 13.9. The Labute approximate surface area is 228 Å². The van der Waals surface area contributed by atoms with Gasteiger partial charge < -0.3 is 14.6 Å². The van der Waals surface area contributed by atoms with Crippen LogP contribution in [-0.2, 0) is 28.8 Å². The summed E-state index contributed by atoms with van der Waals surface area (Å²) in [6.07, 6.45) is 7.21. The van der Waals surface area contributed by atoms with Gasteiger partial charge in [0, 0.05) is 5.57 Å². The van der Waals surface area contributed by atoms with E-state index in [1.807, 2.05) is 6.07 Å². The summed E-state index contributed by atoms with van der Waals surface area (Å²) in [4.78, 5) is 11.7. The highest BCUT2D eigenvalue weighted by atomic mass is 16.5. The van der Waals surface area contributed by atoms with Crippen LogP contribution in [0.15, 0.2) is 72.8 Å². The average molecular weight is 515 g/mol. The molecule has 0 fully saturated rings. The van der Waals surface area contributed by atoms with Gasteiger partial charge in [-0.2, -0.15) is 0 Å². The fourth-order valence-corrected chi connectivity index (χ4v) is 4.58. The van der Waals surface area contributed by atoms with Crippen molar-refractivity contribution in [3.63, 3.8) is 0 Å². The van der Waals surface area contributed by atoms with E-state index < -0.39 is 0 Å². The van der Waals surface area contributed by atoms with Crippen LogP contribution in [0.4, 0.5) is 0 Å². The summed E-state index contributed by atoms with van der Waals surface area (Å²) in [5.74, 6) is 0.386. The van der Waals surface area contributed by atoms with Crippen molar-refractivity contribution in [2.45, 2.75) is 65.7 Å². The molecule has 38 heavy (non-hydrogen) atoms. The molecule has 4 heteroatoms. The maximum atomic E-state index is 11.7. The number of benzene rings is 3. The number of aliphatic hydroxyl groups is 1. The van der Waals surface area contributed by atoms with Gasteiger partial charge in [0.1, 0.15) is 12.4 Å². The Morgan fingerprint density at radius 3 is 2.21 bits per heavy atom. The number of carbonyl (C=O) groups is 1. The Kier molecular flexibility index (Phi) is 11.6. The summed E-state index contributed by atoms with van der Waals surface area (Å²) in [5.41, 5.74) is 8.93. The first kappa shape index (κ1) is 29.2. The normalized spacial score (nSPS) is 10.8. The van der Waals surface area contributed by atoms with Crippen LogP contribution in [0.2, 0.25) is 0 Å². The van der Waals surface area contributed by atoms with Crippen LogP contribution in [0.1, 0.15) is 63.1 Å². The summed E-state index contributed by atoms with van der Waals surface area (Å²) in [6, 6.07) is 21.9. The van der Waals surface area contributed by atoms with Crippen molar-refractivity contribution in [3.05, 3.63) is 89.5 Å². The molecule has 4 nitrogen and oxygen atoms in total. The molecule has 0 amide bonds. The molecule has 0 bridgehead atoms. The zero-order valence-electron chi connectivity index (χ0n) is 23.2. The van der Waals surface area contributed by atoms with E-state index in [-0.39, 0.29) is 19.2 Å². The molecule has 0 heterocycles. The number of hydrogen-bond acceptors (Lipinski definition) is 4. The lowest BCUT2D eigenvalue weighted by atomic mass is 9.92. The first-order chi connectivity index (χ1) is 18.5. The maximum absolute atomic E-state index is 11.7. The van der Waals surface area contributed by atoms with Gasteiger partial charge in [-0.15, -0.1) is 0 Å². The average Bonchev–Trinajstić information content (AvgIpc) is 2.94. The molecule has 3 rings (SSSR count). The number of ether oxygens (including phenoxy) is 2. The van der Waals surface area contributed by atoms with Crippen molar-refractivity contribution in [1.82, 2.24) is 0 Å². The van der Waals surface area contributed by atoms with Gasteiger partial charge in [0.25, 0.3) is 0 Å². The highest BCUT2D eigenvalue weighted by Gasteiger charge is 2.12. The van der Waals surface area contributed by atoms with Gasteiger partial charge in [-0.3, -0.25) is 0 Å². The fourth-order valence-electron chi connectivity index (χ4n) is 4.58. The molecule has 1 N–H and O–H groups in total. The Balaban J connectivity index is 1.80. The van der Waals surface area contributed by atoms with Crippen molar-refractivity contribution in [3.8, 4) is 28.0 Å². The summed E-state index contributed by atoms with van der Waals surface area (Å²) in [7, 11) is 0. The number of rotatable bonds is 15. The third-order valence-corrected chi connectivity index (χ3v) is 6.73. The van der Waals surface area contributed by atoms with E-state index in [0.29, 0.717) is 25.0 Å². The van der Waals surface area contributed by atoms with Crippen LogP contribution in [0.5, 0.6) is 5.75 Å². The van der Waals surface area contributed by atoms with Crippen LogP contribution in [0.25, 0.3) is 22.3 Å². The van der Waals surface area contributed by atoms with Crippen molar-refractivity contribution in [2.24, 2.45) is 0 Å². The van der Waals surface area contributed by atoms with Gasteiger partial charge in [-0.1, -0.05) is 81.8 Å². The van der Waals surface area contributed by atoms with Gasteiger partial charge in [-0.05, 0) is 90.1 Å². The maximum Gasteiger partial charge on any atom is 0.333 e. The van der Waals surface area contributed by atoms with E-state index in [2.05, 4.69) is 75.0 Å². The molecule has 3 aromatic carbocycles. The summed E-state index contributed by atoms with van der Waals surface area (Å²) >= 11 is 0. The predicted octanol–water partition coefficient (Wildman–Crippen LogP) is 7.74. The summed E-state index contributed by atoms with van der Waals surface area (Å²) < 4.78 is 11.1. The lowest BCUT2D eigenvalue weighted by Gasteiger charge is -2.16. The van der Waals surface area contributed by atoms with Crippen molar-refractivity contribution in [1.29, 1.82) is 0 Å². The smallest absolute Gasteiger partial charge is 0.333 e. The monoisotopic (exact) mass is 514 g/mol. The largest absolute Gasteiger partial charge is 0.491 e. The van der Waals surface area contributed by atoms with Crippen molar-refractivity contribution < 1.29 is 19.4 Å². The van der Waals surface area contributed by atoms with Crippen LogP contribution in [-0.4, -0.2) is 30.9 Å². The molecule has 0 unspecified atom stereocenters. The van der Waals surface area contributed by atoms with Crippen LogP contribution < -0.4 is 4.74 Å². The van der Waals surface area contributed by atoms with Crippen molar-refractivity contribution in [2.75, 3.05) is 19.8 Å². The summed E-state index contributed by atoms with van der Waals surface area (Å²) in [5, 5.41) is 9.24. The number of carbonyl (C=O) groups excluding carboxylic acids is 1. The number of aryl methyl sites for hydroxylation is 3. The fraction of sp³-hybridized carbons (Fsp3) is 0.382. The minimum atomic E-state index is -0.366. The van der Waals surface area contributed by atoms with E-state index in [1.165, 1.54) is 47.1 Å². The SMILES string of the molecule is C=C(C)C(=O)OCCCc1cc(-c2ccc(-c3ccc(CCCCC)cc3)cc2CC)ccc1OCCO. The second kappa shape index (κ2) is 15.1. The third-order valence-electron chi connectivity index (χ3n) is 6.73. The molecular formula is C34H42O4. The molecule has 0 aromatic heterocycles. The zero-order chi connectivity index (χ0) is 27.3. The summed E-state index contributed by atoms with van der Waals surface area (Å²) in [6.45, 7) is 10.2. The molecule has 0 saturated heterocycles. The molecule has 0 radical (unpaired) electrons. The molecule has 202 valence electrons. The van der Waals surface area contributed by atoms with Crippen LogP contribution in [0, 0.1) is 0 Å². The van der Waals surface area contributed by atoms with E-state index in [1.54, 1.807) is 6.92 Å². The Bertz CT molecular complexity index is 1190. The molecule has 0 saturated carbocycles. The van der Waals surface area contributed by atoms with Gasteiger partial charge in [0.05, 0.1) is 13.2 Å². The predicted molar refractivity (Wildman–Crippen MR) is 157 cm³/mol. The molecule has 0 aliphatic carbocycles. The lowest BCUT2D eigenvalue weighted by Crippen LogP contribution is -2.08. The third kappa shape index (κ3) is 8.32. The van der Waals surface area contributed by atoms with E-state index in [4.69, 9.17) is 9.47 Å². The molecule has 0 aliphatic rings. The molecule has 0 aliphatic heterocycles. The quantitative estimate of drug-likeness (QED) is 0.128. The Morgan fingerprint density at radius 1 is 0.816 bits per heavy atom. The highest BCUT2D eigenvalue weighted by molar-refractivity contribution is 5.86. The number of esters is 1.